The molecule has 0 saturated carbocycles. The molecular weight excluding hydrogens is 328 g/mol. The molecule has 4 nitrogen and oxygen atoms in total. The lowest BCUT2D eigenvalue weighted by atomic mass is 10.2. The van der Waals surface area contributed by atoms with E-state index in [2.05, 4.69) is 26.5 Å². The fourth-order valence-corrected chi connectivity index (χ4v) is 2.46. The second-order valence-corrected chi connectivity index (χ2v) is 5.64. The normalized spacial score (nSPS) is 11.4. The van der Waals surface area contributed by atoms with Crippen LogP contribution in [-0.2, 0) is 0 Å². The Morgan fingerprint density at radius 1 is 1.42 bits per heavy atom. The molecular formula is C13H11BrN2O2S. The Kier molecular flexibility index (Phi) is 4.34. The van der Waals surface area contributed by atoms with Gasteiger partial charge in [0, 0.05) is 9.35 Å². The molecule has 0 aliphatic carbocycles. The SMILES string of the molecule is CC(=NNC(=O)c1cc(Br)ccc1O)c1cccs1. The largest absolute Gasteiger partial charge is 0.507 e. The summed E-state index contributed by atoms with van der Waals surface area (Å²) in [4.78, 5) is 12.9. The number of rotatable bonds is 3. The van der Waals surface area contributed by atoms with Gasteiger partial charge < -0.3 is 5.11 Å². The summed E-state index contributed by atoms with van der Waals surface area (Å²) >= 11 is 4.80. The van der Waals surface area contributed by atoms with E-state index in [1.807, 2.05) is 24.4 Å². The van der Waals surface area contributed by atoms with Crippen molar-refractivity contribution < 1.29 is 9.90 Å². The Bertz CT molecular complexity index is 624. The van der Waals surface area contributed by atoms with Crippen LogP contribution in [-0.4, -0.2) is 16.7 Å². The van der Waals surface area contributed by atoms with Crippen molar-refractivity contribution in [2.45, 2.75) is 6.92 Å². The van der Waals surface area contributed by atoms with E-state index in [9.17, 15) is 9.90 Å². The van der Waals surface area contributed by atoms with Gasteiger partial charge >= 0.3 is 0 Å². The van der Waals surface area contributed by atoms with Crippen molar-refractivity contribution in [2.75, 3.05) is 0 Å². The number of hydrogen-bond donors (Lipinski definition) is 2. The van der Waals surface area contributed by atoms with Crippen molar-refractivity contribution in [3.05, 3.63) is 50.6 Å². The Balaban J connectivity index is 2.14. The molecule has 0 spiro atoms. The number of hydrogen-bond acceptors (Lipinski definition) is 4. The summed E-state index contributed by atoms with van der Waals surface area (Å²) in [5.41, 5.74) is 3.33. The fraction of sp³-hybridized carbons (Fsp3) is 0.0769. The highest BCUT2D eigenvalue weighted by Crippen LogP contribution is 2.21. The van der Waals surface area contributed by atoms with E-state index in [-0.39, 0.29) is 11.3 Å². The summed E-state index contributed by atoms with van der Waals surface area (Å²) < 4.78 is 0.717. The first-order valence-corrected chi connectivity index (χ1v) is 7.12. The number of phenolic OH excluding ortho intramolecular Hbond substituents is 1. The quantitative estimate of drug-likeness (QED) is 0.665. The van der Waals surface area contributed by atoms with Gasteiger partial charge in [-0.05, 0) is 36.6 Å². The number of benzene rings is 1. The van der Waals surface area contributed by atoms with E-state index < -0.39 is 5.91 Å². The van der Waals surface area contributed by atoms with Gasteiger partial charge in [-0.3, -0.25) is 4.79 Å². The maximum absolute atomic E-state index is 11.9. The summed E-state index contributed by atoms with van der Waals surface area (Å²) in [6.45, 7) is 1.81. The van der Waals surface area contributed by atoms with Gasteiger partial charge in [0.1, 0.15) is 5.75 Å². The molecule has 0 aliphatic rings. The molecule has 2 aromatic rings. The van der Waals surface area contributed by atoms with Gasteiger partial charge in [0.2, 0.25) is 0 Å². The topological polar surface area (TPSA) is 61.7 Å². The zero-order valence-electron chi connectivity index (χ0n) is 10.1. The lowest BCUT2D eigenvalue weighted by Crippen LogP contribution is -2.19. The predicted molar refractivity (Wildman–Crippen MR) is 79.8 cm³/mol. The first-order valence-electron chi connectivity index (χ1n) is 5.45. The van der Waals surface area contributed by atoms with Gasteiger partial charge in [-0.25, -0.2) is 5.43 Å². The third kappa shape index (κ3) is 3.42. The number of carbonyl (C=O) groups excluding carboxylic acids is 1. The van der Waals surface area contributed by atoms with Crippen LogP contribution >= 0.6 is 27.3 Å². The standard InChI is InChI=1S/C13H11BrN2O2S/c1-8(12-3-2-6-19-12)15-16-13(18)10-7-9(14)4-5-11(10)17/h2-7,17H,1H3,(H,16,18). The number of nitrogens with zero attached hydrogens (tertiary/aromatic N) is 1. The highest BCUT2D eigenvalue weighted by atomic mass is 79.9. The zero-order valence-corrected chi connectivity index (χ0v) is 12.5. The highest BCUT2D eigenvalue weighted by Gasteiger charge is 2.11. The van der Waals surface area contributed by atoms with E-state index in [1.165, 1.54) is 6.07 Å². The zero-order chi connectivity index (χ0) is 13.8. The first kappa shape index (κ1) is 13.8. The second-order valence-electron chi connectivity index (χ2n) is 3.78. The van der Waals surface area contributed by atoms with Crippen LogP contribution in [0.4, 0.5) is 0 Å². The van der Waals surface area contributed by atoms with Crippen molar-refractivity contribution in [3.63, 3.8) is 0 Å². The maximum Gasteiger partial charge on any atom is 0.275 e. The van der Waals surface area contributed by atoms with E-state index in [1.54, 1.807) is 23.5 Å². The Hall–Kier alpha value is -1.66. The summed E-state index contributed by atoms with van der Waals surface area (Å²) in [7, 11) is 0. The van der Waals surface area contributed by atoms with Crippen LogP contribution in [0.3, 0.4) is 0 Å². The molecule has 6 heteroatoms. The number of thiophene rings is 1. The molecule has 1 heterocycles. The van der Waals surface area contributed by atoms with Gasteiger partial charge in [-0.2, -0.15) is 5.10 Å². The summed E-state index contributed by atoms with van der Waals surface area (Å²) in [5, 5.41) is 15.6. The van der Waals surface area contributed by atoms with Crippen LogP contribution in [0.5, 0.6) is 5.75 Å². The van der Waals surface area contributed by atoms with E-state index in [0.29, 0.717) is 0 Å². The van der Waals surface area contributed by atoms with Crippen LogP contribution in [0.2, 0.25) is 0 Å². The van der Waals surface area contributed by atoms with Crippen molar-refractivity contribution in [2.24, 2.45) is 5.10 Å². The first-order chi connectivity index (χ1) is 9.08. The minimum atomic E-state index is -0.449. The molecule has 2 rings (SSSR count). The monoisotopic (exact) mass is 338 g/mol. The molecule has 0 saturated heterocycles. The van der Waals surface area contributed by atoms with E-state index in [0.717, 1.165) is 15.1 Å². The minimum absolute atomic E-state index is 0.0790. The average molecular weight is 339 g/mol. The second kappa shape index (κ2) is 5.99. The number of phenols is 1. The van der Waals surface area contributed by atoms with Crippen LogP contribution in [0.1, 0.15) is 22.2 Å². The van der Waals surface area contributed by atoms with Gasteiger partial charge in [0.15, 0.2) is 0 Å². The van der Waals surface area contributed by atoms with Crippen molar-refractivity contribution in [3.8, 4) is 5.75 Å². The fourth-order valence-electron chi connectivity index (χ4n) is 1.42. The van der Waals surface area contributed by atoms with Crippen LogP contribution < -0.4 is 5.43 Å². The van der Waals surface area contributed by atoms with Crippen LogP contribution in [0.15, 0.2) is 45.3 Å². The van der Waals surface area contributed by atoms with Crippen molar-refractivity contribution in [1.29, 1.82) is 0 Å². The molecule has 0 aliphatic heterocycles. The maximum atomic E-state index is 11.9. The molecule has 0 atom stereocenters. The molecule has 1 amide bonds. The lowest BCUT2D eigenvalue weighted by molar-refractivity contribution is 0.0952. The summed E-state index contributed by atoms with van der Waals surface area (Å²) in [6, 6.07) is 8.50. The smallest absolute Gasteiger partial charge is 0.275 e. The Morgan fingerprint density at radius 2 is 2.21 bits per heavy atom. The predicted octanol–water partition coefficient (Wildman–Crippen LogP) is 3.37. The Morgan fingerprint density at radius 3 is 2.89 bits per heavy atom. The van der Waals surface area contributed by atoms with Gasteiger partial charge in [-0.1, -0.05) is 22.0 Å². The number of hydrazone groups is 1. The van der Waals surface area contributed by atoms with Gasteiger partial charge in [0.25, 0.3) is 5.91 Å². The molecule has 0 radical (unpaired) electrons. The molecule has 2 N–H and O–H groups in total. The van der Waals surface area contributed by atoms with Crippen molar-refractivity contribution in [1.82, 2.24) is 5.43 Å². The lowest BCUT2D eigenvalue weighted by Gasteiger charge is -2.04. The summed E-state index contributed by atoms with van der Waals surface area (Å²) in [6.07, 6.45) is 0. The summed E-state index contributed by atoms with van der Waals surface area (Å²) in [5.74, 6) is -0.528. The van der Waals surface area contributed by atoms with Crippen LogP contribution in [0, 0.1) is 0 Å². The minimum Gasteiger partial charge on any atom is -0.507 e. The molecule has 19 heavy (non-hydrogen) atoms. The molecule has 1 aromatic heterocycles. The van der Waals surface area contributed by atoms with E-state index in [4.69, 9.17) is 0 Å². The van der Waals surface area contributed by atoms with Gasteiger partial charge in [-0.15, -0.1) is 11.3 Å². The van der Waals surface area contributed by atoms with Crippen LogP contribution in [0.25, 0.3) is 0 Å². The molecule has 0 bridgehead atoms. The highest BCUT2D eigenvalue weighted by molar-refractivity contribution is 9.10. The third-order valence-corrected chi connectivity index (χ3v) is 3.88. The van der Waals surface area contributed by atoms with E-state index >= 15 is 0 Å². The number of aromatic hydroxyl groups is 1. The molecule has 0 unspecified atom stereocenters. The number of amides is 1. The molecule has 1 aromatic carbocycles. The number of nitrogens with one attached hydrogen (secondary N) is 1. The third-order valence-electron chi connectivity index (χ3n) is 2.41. The number of carbonyl (C=O) groups is 1. The molecule has 0 fully saturated rings. The van der Waals surface area contributed by atoms with Crippen molar-refractivity contribution >= 4 is 38.9 Å². The average Bonchev–Trinajstić information content (AvgIpc) is 2.92. The Labute approximate surface area is 122 Å². The number of halogens is 1. The molecule has 98 valence electrons. The van der Waals surface area contributed by atoms with Gasteiger partial charge in [0.05, 0.1) is 11.3 Å².